The van der Waals surface area contributed by atoms with Gasteiger partial charge >= 0.3 is 6.09 Å². The van der Waals surface area contributed by atoms with Crippen LogP contribution >= 0.6 is 0 Å². The predicted molar refractivity (Wildman–Crippen MR) is 81.5 cm³/mol. The van der Waals surface area contributed by atoms with Crippen LogP contribution in [0.5, 0.6) is 5.75 Å². The Morgan fingerprint density at radius 2 is 2.10 bits per heavy atom. The third kappa shape index (κ3) is 3.67. The number of methoxy groups -OCH3 is 1. The minimum atomic E-state index is -0.237. The Bertz CT molecular complexity index is 514. The SMILES string of the molecule is CCOC(=O)N1CCc2cc(CN(C)C)c(OC)cc2C1. The zero-order chi connectivity index (χ0) is 15.4. The molecule has 1 aromatic rings. The summed E-state index contributed by atoms with van der Waals surface area (Å²) in [6, 6.07) is 4.26. The minimum absolute atomic E-state index is 0.237. The first-order chi connectivity index (χ1) is 10.0. The minimum Gasteiger partial charge on any atom is -0.496 e. The highest BCUT2D eigenvalue weighted by Crippen LogP contribution is 2.28. The molecule has 0 saturated heterocycles. The van der Waals surface area contributed by atoms with Crippen molar-refractivity contribution in [3.63, 3.8) is 0 Å². The third-order valence-corrected chi connectivity index (χ3v) is 3.63. The number of fused-ring (bicyclic) bond motifs is 1. The highest BCUT2D eigenvalue weighted by molar-refractivity contribution is 5.68. The maximum absolute atomic E-state index is 11.8. The number of nitrogens with zero attached hydrogens (tertiary/aromatic N) is 2. The molecule has 5 nitrogen and oxygen atoms in total. The second-order valence-corrected chi connectivity index (χ2v) is 5.54. The molecule has 116 valence electrons. The quantitative estimate of drug-likeness (QED) is 0.854. The number of hydrogen-bond donors (Lipinski definition) is 0. The standard InChI is InChI=1S/C16H24N2O3/c1-5-21-16(19)18-7-6-12-8-14(10-17(2)3)15(20-4)9-13(12)11-18/h8-9H,5-7,10-11H2,1-4H3. The van der Waals surface area contributed by atoms with Crippen LogP contribution in [0.2, 0.25) is 0 Å². The Balaban J connectivity index is 2.22. The van der Waals surface area contributed by atoms with Crippen molar-refractivity contribution < 1.29 is 14.3 Å². The Hall–Kier alpha value is -1.75. The summed E-state index contributed by atoms with van der Waals surface area (Å²) in [6.07, 6.45) is 0.623. The number of amides is 1. The number of rotatable bonds is 4. The van der Waals surface area contributed by atoms with Crippen LogP contribution in [0, 0.1) is 0 Å². The Kier molecular flexibility index (Phi) is 5.07. The van der Waals surface area contributed by atoms with Gasteiger partial charge < -0.3 is 19.3 Å². The molecule has 1 heterocycles. The molecule has 0 aromatic heterocycles. The van der Waals surface area contributed by atoms with Crippen LogP contribution in [0.25, 0.3) is 0 Å². The highest BCUT2D eigenvalue weighted by atomic mass is 16.6. The zero-order valence-electron chi connectivity index (χ0n) is 13.3. The molecule has 0 fully saturated rings. The molecule has 0 saturated carbocycles. The van der Waals surface area contributed by atoms with E-state index in [0.717, 1.165) is 24.3 Å². The lowest BCUT2D eigenvalue weighted by Crippen LogP contribution is -2.36. The fraction of sp³-hybridized carbons (Fsp3) is 0.562. The topological polar surface area (TPSA) is 42.0 Å². The van der Waals surface area contributed by atoms with E-state index in [1.807, 2.05) is 21.0 Å². The summed E-state index contributed by atoms with van der Waals surface area (Å²) >= 11 is 0. The lowest BCUT2D eigenvalue weighted by molar-refractivity contribution is 0.102. The predicted octanol–water partition coefficient (Wildman–Crippen LogP) is 2.27. The molecule has 0 aliphatic carbocycles. The second-order valence-electron chi connectivity index (χ2n) is 5.54. The fourth-order valence-corrected chi connectivity index (χ4v) is 2.66. The van der Waals surface area contributed by atoms with Gasteiger partial charge in [-0.25, -0.2) is 4.79 Å². The number of ether oxygens (including phenoxy) is 2. The smallest absolute Gasteiger partial charge is 0.410 e. The van der Waals surface area contributed by atoms with Gasteiger partial charge in [-0.15, -0.1) is 0 Å². The monoisotopic (exact) mass is 292 g/mol. The van der Waals surface area contributed by atoms with E-state index in [4.69, 9.17) is 9.47 Å². The van der Waals surface area contributed by atoms with Gasteiger partial charge in [0.1, 0.15) is 5.75 Å². The summed E-state index contributed by atoms with van der Waals surface area (Å²) in [5.74, 6) is 0.883. The Morgan fingerprint density at radius 1 is 1.33 bits per heavy atom. The summed E-state index contributed by atoms with van der Waals surface area (Å²) in [5.41, 5.74) is 3.63. The van der Waals surface area contributed by atoms with Crippen molar-refractivity contribution >= 4 is 6.09 Å². The molecule has 0 atom stereocenters. The van der Waals surface area contributed by atoms with Crippen molar-refractivity contribution in [2.24, 2.45) is 0 Å². The van der Waals surface area contributed by atoms with Crippen LogP contribution in [0.3, 0.4) is 0 Å². The zero-order valence-corrected chi connectivity index (χ0v) is 13.3. The summed E-state index contributed by atoms with van der Waals surface area (Å²) in [4.78, 5) is 15.7. The molecule has 0 unspecified atom stereocenters. The highest BCUT2D eigenvalue weighted by Gasteiger charge is 2.23. The van der Waals surface area contributed by atoms with Crippen molar-refractivity contribution in [2.45, 2.75) is 26.4 Å². The van der Waals surface area contributed by atoms with E-state index in [1.165, 1.54) is 11.1 Å². The summed E-state index contributed by atoms with van der Waals surface area (Å²) < 4.78 is 10.6. The van der Waals surface area contributed by atoms with E-state index >= 15 is 0 Å². The van der Waals surface area contributed by atoms with Gasteiger partial charge in [0.05, 0.1) is 13.7 Å². The first kappa shape index (κ1) is 15.6. The van der Waals surface area contributed by atoms with E-state index in [-0.39, 0.29) is 6.09 Å². The molecule has 2 rings (SSSR count). The average molecular weight is 292 g/mol. The van der Waals surface area contributed by atoms with Gasteiger partial charge in [-0.1, -0.05) is 6.07 Å². The second kappa shape index (κ2) is 6.80. The summed E-state index contributed by atoms with van der Waals surface area (Å²) in [6.45, 7) is 4.38. The number of hydrogen-bond acceptors (Lipinski definition) is 4. The normalized spacial score (nSPS) is 14.0. The number of carbonyl (C=O) groups excluding carboxylic acids is 1. The number of benzene rings is 1. The van der Waals surface area contributed by atoms with Gasteiger partial charge in [0, 0.05) is 25.2 Å². The molecular weight excluding hydrogens is 268 g/mol. The van der Waals surface area contributed by atoms with Crippen molar-refractivity contribution in [1.29, 1.82) is 0 Å². The molecule has 0 N–H and O–H groups in total. The lowest BCUT2D eigenvalue weighted by Gasteiger charge is -2.29. The van der Waals surface area contributed by atoms with Crippen molar-refractivity contribution in [3.05, 3.63) is 28.8 Å². The molecule has 1 amide bonds. The maximum atomic E-state index is 11.8. The summed E-state index contributed by atoms with van der Waals surface area (Å²) in [7, 11) is 5.77. The van der Waals surface area contributed by atoms with E-state index in [2.05, 4.69) is 17.0 Å². The molecule has 0 radical (unpaired) electrons. The molecule has 5 heteroatoms. The maximum Gasteiger partial charge on any atom is 0.410 e. The molecule has 0 bridgehead atoms. The van der Waals surface area contributed by atoms with Crippen LogP contribution < -0.4 is 4.74 Å². The van der Waals surface area contributed by atoms with Gasteiger partial charge in [-0.3, -0.25) is 0 Å². The van der Waals surface area contributed by atoms with Crippen LogP contribution in [0.4, 0.5) is 4.79 Å². The molecule has 1 aliphatic heterocycles. The van der Waals surface area contributed by atoms with Gasteiger partial charge in [0.2, 0.25) is 0 Å². The molecule has 21 heavy (non-hydrogen) atoms. The number of carbonyl (C=O) groups is 1. The van der Waals surface area contributed by atoms with E-state index in [0.29, 0.717) is 19.7 Å². The Labute approximate surface area is 126 Å². The van der Waals surface area contributed by atoms with Gasteiger partial charge in [-0.05, 0) is 44.6 Å². The first-order valence-electron chi connectivity index (χ1n) is 7.30. The lowest BCUT2D eigenvalue weighted by atomic mass is 9.96. The molecule has 0 spiro atoms. The Morgan fingerprint density at radius 3 is 2.71 bits per heavy atom. The molecular formula is C16H24N2O3. The van der Waals surface area contributed by atoms with E-state index < -0.39 is 0 Å². The van der Waals surface area contributed by atoms with Crippen LogP contribution in [-0.2, 0) is 24.2 Å². The van der Waals surface area contributed by atoms with Crippen molar-refractivity contribution in [1.82, 2.24) is 9.80 Å². The van der Waals surface area contributed by atoms with Gasteiger partial charge in [0.25, 0.3) is 0 Å². The molecule has 1 aliphatic rings. The van der Waals surface area contributed by atoms with Gasteiger partial charge in [-0.2, -0.15) is 0 Å². The van der Waals surface area contributed by atoms with Crippen molar-refractivity contribution in [3.8, 4) is 5.75 Å². The fourth-order valence-electron chi connectivity index (χ4n) is 2.66. The van der Waals surface area contributed by atoms with Gasteiger partial charge in [0.15, 0.2) is 0 Å². The van der Waals surface area contributed by atoms with E-state index in [9.17, 15) is 4.79 Å². The molecule has 1 aromatic carbocycles. The summed E-state index contributed by atoms with van der Waals surface area (Å²) in [5, 5.41) is 0. The van der Waals surface area contributed by atoms with Crippen molar-refractivity contribution in [2.75, 3.05) is 34.4 Å². The van der Waals surface area contributed by atoms with Crippen LogP contribution in [-0.4, -0.2) is 50.2 Å². The van der Waals surface area contributed by atoms with E-state index in [1.54, 1.807) is 12.0 Å². The first-order valence-corrected chi connectivity index (χ1v) is 7.30. The average Bonchev–Trinajstić information content (AvgIpc) is 2.45. The van der Waals surface area contributed by atoms with Crippen LogP contribution in [0.1, 0.15) is 23.6 Å². The van der Waals surface area contributed by atoms with Crippen LogP contribution in [0.15, 0.2) is 12.1 Å². The third-order valence-electron chi connectivity index (χ3n) is 3.63. The largest absolute Gasteiger partial charge is 0.496 e.